The summed E-state index contributed by atoms with van der Waals surface area (Å²) in [5, 5.41) is 7.07. The van der Waals surface area contributed by atoms with E-state index in [9.17, 15) is 4.79 Å². The van der Waals surface area contributed by atoms with Gasteiger partial charge in [-0.2, -0.15) is 0 Å². The van der Waals surface area contributed by atoms with Gasteiger partial charge in [-0.1, -0.05) is 12.1 Å². The van der Waals surface area contributed by atoms with Crippen LogP contribution in [0.15, 0.2) is 35.0 Å². The minimum absolute atomic E-state index is 0.00548. The van der Waals surface area contributed by atoms with Gasteiger partial charge >= 0.3 is 0 Å². The van der Waals surface area contributed by atoms with Crippen LogP contribution in [0.5, 0.6) is 0 Å². The summed E-state index contributed by atoms with van der Waals surface area (Å²) in [6.45, 7) is 1.81. The Labute approximate surface area is 157 Å². The number of oxazole rings is 1. The smallest absolute Gasteiger partial charge is 0.229 e. The van der Waals surface area contributed by atoms with Crippen molar-refractivity contribution in [3.63, 3.8) is 0 Å². The number of aryl methyl sites for hydroxylation is 1. The number of carbonyl (C=O) groups is 1. The molecule has 7 heteroatoms. The summed E-state index contributed by atoms with van der Waals surface area (Å²) in [6.07, 6.45) is 7.24. The van der Waals surface area contributed by atoms with E-state index in [0.717, 1.165) is 42.1 Å². The molecule has 0 aliphatic heterocycles. The Morgan fingerprint density at radius 1 is 1.15 bits per heavy atom. The fourth-order valence-corrected chi connectivity index (χ4v) is 3.59. The molecule has 0 atom stereocenters. The van der Waals surface area contributed by atoms with Crippen LogP contribution in [0.4, 0.5) is 5.95 Å². The van der Waals surface area contributed by atoms with Crippen molar-refractivity contribution in [3.8, 4) is 11.3 Å². The Morgan fingerprint density at radius 2 is 1.96 bits per heavy atom. The number of aromatic nitrogens is 3. The summed E-state index contributed by atoms with van der Waals surface area (Å²) in [5.41, 5.74) is 1.65. The lowest BCUT2D eigenvalue weighted by Gasteiger charge is -2.27. The molecule has 0 bridgehead atoms. The number of carbonyl (C=O) groups excluding carboxylic acids is 1. The number of rotatable bonds is 4. The lowest BCUT2D eigenvalue weighted by molar-refractivity contribution is -0.120. The van der Waals surface area contributed by atoms with Gasteiger partial charge in [0.15, 0.2) is 11.7 Å². The Morgan fingerprint density at radius 3 is 2.67 bits per heavy atom. The molecule has 3 aromatic rings. The molecule has 0 spiro atoms. The predicted octanol–water partition coefficient (Wildman–Crippen LogP) is 3.31. The summed E-state index contributed by atoms with van der Waals surface area (Å²) < 4.78 is 5.58. The van der Waals surface area contributed by atoms with Crippen molar-refractivity contribution in [1.82, 2.24) is 20.3 Å². The zero-order valence-corrected chi connectivity index (χ0v) is 15.5. The molecule has 0 saturated heterocycles. The lowest BCUT2D eigenvalue weighted by Crippen LogP contribution is -2.34. The number of benzene rings is 1. The highest BCUT2D eigenvalue weighted by Crippen LogP contribution is 2.26. The second-order valence-electron chi connectivity index (χ2n) is 7.04. The molecule has 27 heavy (non-hydrogen) atoms. The van der Waals surface area contributed by atoms with Crippen LogP contribution >= 0.6 is 0 Å². The van der Waals surface area contributed by atoms with Crippen LogP contribution in [0.1, 0.15) is 31.6 Å². The van der Waals surface area contributed by atoms with Crippen molar-refractivity contribution in [3.05, 3.63) is 36.5 Å². The quantitative estimate of drug-likeness (QED) is 0.737. The van der Waals surface area contributed by atoms with Crippen LogP contribution < -0.4 is 10.6 Å². The Balaban J connectivity index is 1.51. The van der Waals surface area contributed by atoms with Gasteiger partial charge < -0.3 is 9.73 Å². The highest BCUT2D eigenvalue weighted by atomic mass is 16.4. The maximum Gasteiger partial charge on any atom is 0.229 e. The number of nitrogens with one attached hydrogen (secondary N) is 2. The van der Waals surface area contributed by atoms with Crippen LogP contribution in [0.3, 0.4) is 0 Å². The van der Waals surface area contributed by atoms with Crippen molar-refractivity contribution < 1.29 is 9.21 Å². The number of fused-ring (bicyclic) bond motifs is 1. The van der Waals surface area contributed by atoms with Gasteiger partial charge in [-0.15, -0.1) is 0 Å². The van der Waals surface area contributed by atoms with Crippen LogP contribution in [0, 0.1) is 12.8 Å². The third-order valence-electron chi connectivity index (χ3n) is 5.23. The topological polar surface area (TPSA) is 92.9 Å². The molecule has 140 valence electrons. The van der Waals surface area contributed by atoms with Crippen molar-refractivity contribution in [2.45, 2.75) is 38.6 Å². The molecule has 4 rings (SSSR count). The van der Waals surface area contributed by atoms with Gasteiger partial charge in [0.2, 0.25) is 11.9 Å². The van der Waals surface area contributed by atoms with Gasteiger partial charge in [0, 0.05) is 36.0 Å². The summed E-state index contributed by atoms with van der Waals surface area (Å²) in [4.78, 5) is 25.5. The summed E-state index contributed by atoms with van der Waals surface area (Å²) in [6, 6.07) is 6.33. The van der Waals surface area contributed by atoms with Crippen LogP contribution in [0.2, 0.25) is 0 Å². The SMILES string of the molecule is CN[C@H]1CC[C@H](C(=O)Nc2ncc3ccc(-c4cnc(C)o4)cc3n2)CC1. The molecule has 2 heterocycles. The fourth-order valence-electron chi connectivity index (χ4n) is 3.59. The van der Waals surface area contributed by atoms with Crippen LogP contribution in [0.25, 0.3) is 22.2 Å². The predicted molar refractivity (Wildman–Crippen MR) is 103 cm³/mol. The molecule has 1 fully saturated rings. The highest BCUT2D eigenvalue weighted by molar-refractivity contribution is 5.92. The van der Waals surface area contributed by atoms with E-state index in [2.05, 4.69) is 25.6 Å². The molecule has 1 aliphatic carbocycles. The molecule has 1 saturated carbocycles. The first-order valence-electron chi connectivity index (χ1n) is 9.30. The average molecular weight is 365 g/mol. The number of nitrogens with zero attached hydrogens (tertiary/aromatic N) is 3. The molecular formula is C20H23N5O2. The van der Waals surface area contributed by atoms with Gasteiger partial charge in [-0.25, -0.2) is 15.0 Å². The standard InChI is InChI=1S/C20H23N5O2/c1-12-22-11-18(27-12)14-3-4-15-10-23-20(24-17(15)9-14)25-19(26)13-5-7-16(21-2)8-6-13/h3-4,9-11,13,16,21H,5-8H2,1-2H3,(H,23,24,25,26)/t13-,16-. The number of hydrogen-bond acceptors (Lipinski definition) is 6. The molecule has 0 radical (unpaired) electrons. The molecule has 1 amide bonds. The third-order valence-corrected chi connectivity index (χ3v) is 5.23. The fraction of sp³-hybridized carbons (Fsp3) is 0.400. The molecule has 2 aromatic heterocycles. The van der Waals surface area contributed by atoms with Gasteiger partial charge in [0.25, 0.3) is 0 Å². The van der Waals surface area contributed by atoms with E-state index in [1.165, 1.54) is 0 Å². The lowest BCUT2D eigenvalue weighted by atomic mass is 9.85. The Bertz CT molecular complexity index is 960. The first kappa shape index (κ1) is 17.6. The third kappa shape index (κ3) is 3.83. The second-order valence-corrected chi connectivity index (χ2v) is 7.04. The van der Waals surface area contributed by atoms with Crippen molar-refractivity contribution in [2.75, 3.05) is 12.4 Å². The van der Waals surface area contributed by atoms with E-state index in [0.29, 0.717) is 23.6 Å². The van der Waals surface area contributed by atoms with E-state index in [1.54, 1.807) is 12.4 Å². The molecular weight excluding hydrogens is 342 g/mol. The first-order valence-corrected chi connectivity index (χ1v) is 9.30. The molecule has 7 nitrogen and oxygen atoms in total. The molecule has 1 aliphatic rings. The molecule has 0 unspecified atom stereocenters. The largest absolute Gasteiger partial charge is 0.441 e. The summed E-state index contributed by atoms with van der Waals surface area (Å²) in [5.74, 6) is 1.69. The van der Waals surface area contributed by atoms with E-state index in [1.807, 2.05) is 32.2 Å². The molecule has 1 aromatic carbocycles. The van der Waals surface area contributed by atoms with Gasteiger partial charge in [-0.3, -0.25) is 10.1 Å². The Hall–Kier alpha value is -2.80. The summed E-state index contributed by atoms with van der Waals surface area (Å²) >= 11 is 0. The normalized spacial score (nSPS) is 19.9. The molecule has 2 N–H and O–H groups in total. The summed E-state index contributed by atoms with van der Waals surface area (Å²) in [7, 11) is 1.97. The number of hydrogen-bond donors (Lipinski definition) is 2. The maximum absolute atomic E-state index is 12.6. The average Bonchev–Trinajstić information content (AvgIpc) is 3.14. The van der Waals surface area contributed by atoms with Crippen LogP contribution in [-0.4, -0.2) is 33.9 Å². The maximum atomic E-state index is 12.6. The minimum Gasteiger partial charge on any atom is -0.441 e. The second kappa shape index (κ2) is 7.44. The van der Waals surface area contributed by atoms with Crippen LogP contribution in [-0.2, 0) is 4.79 Å². The Kier molecular flexibility index (Phi) is 4.85. The first-order chi connectivity index (χ1) is 13.1. The number of amides is 1. The number of anilines is 1. The highest BCUT2D eigenvalue weighted by Gasteiger charge is 2.26. The van der Waals surface area contributed by atoms with Crippen molar-refractivity contribution in [1.29, 1.82) is 0 Å². The van der Waals surface area contributed by atoms with E-state index in [-0.39, 0.29) is 11.8 Å². The van der Waals surface area contributed by atoms with Crippen molar-refractivity contribution >= 4 is 22.8 Å². The zero-order chi connectivity index (χ0) is 18.8. The van der Waals surface area contributed by atoms with E-state index >= 15 is 0 Å². The van der Waals surface area contributed by atoms with E-state index < -0.39 is 0 Å². The van der Waals surface area contributed by atoms with Gasteiger partial charge in [0.1, 0.15) is 0 Å². The van der Waals surface area contributed by atoms with E-state index in [4.69, 9.17) is 4.42 Å². The van der Waals surface area contributed by atoms with Crippen molar-refractivity contribution in [2.24, 2.45) is 5.92 Å². The zero-order valence-electron chi connectivity index (χ0n) is 15.5. The van der Waals surface area contributed by atoms with Gasteiger partial charge in [-0.05, 0) is 38.8 Å². The van der Waals surface area contributed by atoms with Gasteiger partial charge in [0.05, 0.1) is 11.7 Å². The minimum atomic E-state index is 0.00548. The monoisotopic (exact) mass is 365 g/mol.